The molecule has 7 nitrogen and oxygen atoms in total. The molecular weight excluding hydrogens is 280 g/mol. The molecule has 2 N–H and O–H groups in total. The van der Waals surface area contributed by atoms with Gasteiger partial charge in [-0.15, -0.1) is 0 Å². The van der Waals surface area contributed by atoms with E-state index in [2.05, 4.69) is 10.5 Å². The van der Waals surface area contributed by atoms with Gasteiger partial charge >= 0.3 is 0 Å². The Morgan fingerprint density at radius 1 is 1.36 bits per heavy atom. The number of para-hydroxylation sites is 1. The molecule has 0 fully saturated rings. The minimum atomic E-state index is -0.269. The molecule has 2 aromatic rings. The molecule has 0 amide bonds. The van der Waals surface area contributed by atoms with Crippen molar-refractivity contribution in [2.24, 2.45) is 12.1 Å². The zero-order valence-electron chi connectivity index (χ0n) is 12.6. The van der Waals surface area contributed by atoms with Crippen molar-refractivity contribution < 1.29 is 0 Å². The maximum Gasteiger partial charge on any atom is 0.296 e. The van der Waals surface area contributed by atoms with Crippen LogP contribution < -0.4 is 11.0 Å². The van der Waals surface area contributed by atoms with Gasteiger partial charge in [-0.3, -0.25) is 14.9 Å². The van der Waals surface area contributed by atoms with Gasteiger partial charge in [-0.05, 0) is 26.0 Å². The van der Waals surface area contributed by atoms with Crippen LogP contribution >= 0.6 is 0 Å². The molecule has 1 heterocycles. The van der Waals surface area contributed by atoms with Gasteiger partial charge in [0.1, 0.15) is 11.8 Å². The summed E-state index contributed by atoms with van der Waals surface area (Å²) in [6.45, 7) is 3.24. The van der Waals surface area contributed by atoms with Crippen molar-refractivity contribution in [2.45, 2.75) is 13.8 Å². The molecule has 0 saturated heterocycles. The van der Waals surface area contributed by atoms with Crippen LogP contribution in [0.2, 0.25) is 0 Å². The number of hydrogen-bond donors (Lipinski definition) is 2. The summed E-state index contributed by atoms with van der Waals surface area (Å²) in [5.41, 5.74) is 4.01. The molecule has 0 atom stereocenters. The summed E-state index contributed by atoms with van der Waals surface area (Å²) < 4.78 is 3.22. The predicted molar refractivity (Wildman–Crippen MR) is 85.8 cm³/mol. The van der Waals surface area contributed by atoms with Crippen LogP contribution in [-0.4, -0.2) is 20.8 Å². The number of hydrogen-bond acceptors (Lipinski definition) is 5. The second kappa shape index (κ2) is 6.10. The number of rotatable bonds is 4. The molecule has 22 heavy (non-hydrogen) atoms. The van der Waals surface area contributed by atoms with Crippen LogP contribution in [0.1, 0.15) is 12.6 Å². The second-order valence-corrected chi connectivity index (χ2v) is 4.75. The average molecular weight is 296 g/mol. The van der Waals surface area contributed by atoms with E-state index < -0.39 is 0 Å². The zero-order chi connectivity index (χ0) is 16.3. The first kappa shape index (κ1) is 15.3. The summed E-state index contributed by atoms with van der Waals surface area (Å²) in [7, 11) is 1.77. The first-order chi connectivity index (χ1) is 10.5. The van der Waals surface area contributed by atoms with Gasteiger partial charge in [-0.25, -0.2) is 4.68 Å². The number of anilines is 1. The first-order valence-electron chi connectivity index (χ1n) is 6.60. The maximum absolute atomic E-state index is 12.6. The summed E-state index contributed by atoms with van der Waals surface area (Å²) in [6.07, 6.45) is 0. The quantitative estimate of drug-likeness (QED) is 0.665. The van der Waals surface area contributed by atoms with E-state index in [0.717, 1.165) is 5.69 Å². The number of nitrogens with zero attached hydrogens (tertiary/aromatic N) is 4. The smallest absolute Gasteiger partial charge is 0.296 e. The Morgan fingerprint density at radius 2 is 2.00 bits per heavy atom. The molecule has 7 heteroatoms. The minimum Gasteiger partial charge on any atom is -0.303 e. The van der Waals surface area contributed by atoms with Gasteiger partial charge < -0.3 is 5.41 Å². The molecule has 1 aromatic heterocycles. The second-order valence-electron chi connectivity index (χ2n) is 4.75. The molecule has 0 unspecified atom stereocenters. The zero-order valence-corrected chi connectivity index (χ0v) is 12.6. The fourth-order valence-corrected chi connectivity index (χ4v) is 2.00. The molecule has 2 rings (SSSR count). The van der Waals surface area contributed by atoms with E-state index in [0.29, 0.717) is 5.69 Å². The average Bonchev–Trinajstić information content (AvgIpc) is 2.71. The van der Waals surface area contributed by atoms with Crippen molar-refractivity contribution in [3.63, 3.8) is 0 Å². The van der Waals surface area contributed by atoms with E-state index in [4.69, 9.17) is 10.7 Å². The highest BCUT2D eigenvalue weighted by Crippen LogP contribution is 2.13. The molecule has 0 radical (unpaired) electrons. The van der Waals surface area contributed by atoms with E-state index in [1.54, 1.807) is 18.7 Å². The van der Waals surface area contributed by atoms with Crippen LogP contribution in [0, 0.1) is 23.7 Å². The van der Waals surface area contributed by atoms with Crippen molar-refractivity contribution in [3.05, 3.63) is 46.4 Å². The monoisotopic (exact) mass is 296 g/mol. The number of benzene rings is 1. The Hall–Kier alpha value is -3.14. The van der Waals surface area contributed by atoms with E-state index in [1.165, 1.54) is 11.6 Å². The lowest BCUT2D eigenvalue weighted by atomic mass is 10.3. The van der Waals surface area contributed by atoms with Gasteiger partial charge in [0.15, 0.2) is 5.71 Å². The van der Waals surface area contributed by atoms with Gasteiger partial charge in [0.2, 0.25) is 0 Å². The molecule has 0 saturated carbocycles. The number of hydrazone groups is 1. The van der Waals surface area contributed by atoms with Crippen LogP contribution in [0.15, 0.2) is 40.2 Å². The van der Waals surface area contributed by atoms with Crippen LogP contribution in [0.4, 0.5) is 5.69 Å². The lowest BCUT2D eigenvalue weighted by molar-refractivity contribution is 0.630. The SMILES string of the molecule is CC(=N)/C(C#N)=N/Nc1c(C)n(C)n(-c2ccccc2)c1=O. The largest absolute Gasteiger partial charge is 0.303 e. The van der Waals surface area contributed by atoms with Crippen molar-refractivity contribution in [2.75, 3.05) is 5.43 Å². The van der Waals surface area contributed by atoms with E-state index >= 15 is 0 Å². The Balaban J connectivity index is 2.51. The summed E-state index contributed by atoms with van der Waals surface area (Å²) in [4.78, 5) is 12.6. The molecule has 1 aromatic carbocycles. The molecule has 0 bridgehead atoms. The Bertz CT molecular complexity index is 835. The lowest BCUT2D eigenvalue weighted by Crippen LogP contribution is -2.20. The van der Waals surface area contributed by atoms with Crippen LogP contribution in [0.5, 0.6) is 0 Å². The Labute approximate surface area is 127 Å². The van der Waals surface area contributed by atoms with Crippen molar-refractivity contribution in [1.29, 1.82) is 10.7 Å². The van der Waals surface area contributed by atoms with E-state index in [9.17, 15) is 4.79 Å². The summed E-state index contributed by atoms with van der Waals surface area (Å²) >= 11 is 0. The fraction of sp³-hybridized carbons (Fsp3) is 0.200. The molecule has 0 aliphatic rings. The van der Waals surface area contributed by atoms with E-state index in [-0.39, 0.29) is 22.7 Å². The third-order valence-corrected chi connectivity index (χ3v) is 3.29. The molecular formula is C15H16N6O. The predicted octanol–water partition coefficient (Wildman–Crippen LogP) is 1.82. The highest BCUT2D eigenvalue weighted by atomic mass is 16.1. The highest BCUT2D eigenvalue weighted by Gasteiger charge is 2.15. The van der Waals surface area contributed by atoms with Gasteiger partial charge in [-0.2, -0.15) is 10.4 Å². The van der Waals surface area contributed by atoms with Gasteiger partial charge in [0, 0.05) is 7.05 Å². The molecule has 0 aliphatic heterocycles. The molecule has 112 valence electrons. The summed E-state index contributed by atoms with van der Waals surface area (Å²) in [6, 6.07) is 11.0. The van der Waals surface area contributed by atoms with Gasteiger partial charge in [-0.1, -0.05) is 18.2 Å². The van der Waals surface area contributed by atoms with Gasteiger partial charge in [0.05, 0.1) is 17.1 Å². The third-order valence-electron chi connectivity index (χ3n) is 3.29. The summed E-state index contributed by atoms with van der Waals surface area (Å²) in [5.74, 6) is 0. The van der Waals surface area contributed by atoms with Crippen molar-refractivity contribution >= 4 is 17.1 Å². The standard InChI is InChI=1S/C15H16N6O/c1-10(17)13(9-16)18-19-14-11(2)20(3)21(15(14)22)12-7-5-4-6-8-12/h4-8,17,19H,1-3H3/b17-10?,18-13+. The third kappa shape index (κ3) is 2.67. The number of nitrogens with one attached hydrogen (secondary N) is 2. The van der Waals surface area contributed by atoms with Crippen molar-refractivity contribution in [1.82, 2.24) is 9.36 Å². The van der Waals surface area contributed by atoms with E-state index in [1.807, 2.05) is 36.4 Å². The van der Waals surface area contributed by atoms with Crippen molar-refractivity contribution in [3.8, 4) is 11.8 Å². The van der Waals surface area contributed by atoms with Crippen LogP contribution in [0.3, 0.4) is 0 Å². The Kier molecular flexibility index (Phi) is 4.23. The van der Waals surface area contributed by atoms with Crippen LogP contribution in [0.25, 0.3) is 5.69 Å². The lowest BCUT2D eigenvalue weighted by Gasteiger charge is -2.07. The maximum atomic E-state index is 12.6. The number of aromatic nitrogens is 2. The summed E-state index contributed by atoms with van der Waals surface area (Å²) in [5, 5.41) is 20.2. The molecule has 0 spiro atoms. The van der Waals surface area contributed by atoms with Gasteiger partial charge in [0.25, 0.3) is 5.56 Å². The van der Waals surface area contributed by atoms with Crippen LogP contribution in [-0.2, 0) is 7.05 Å². The fourth-order valence-electron chi connectivity index (χ4n) is 2.00. The topological polar surface area (TPSA) is 99.0 Å². The highest BCUT2D eigenvalue weighted by molar-refractivity contribution is 6.46. The normalized spacial score (nSPS) is 11.1. The molecule has 0 aliphatic carbocycles. The number of nitriles is 1. The Morgan fingerprint density at radius 3 is 2.55 bits per heavy atom. The first-order valence-corrected chi connectivity index (χ1v) is 6.60. The minimum absolute atomic E-state index is 0.0342.